The van der Waals surface area contributed by atoms with Gasteiger partial charge in [-0.15, -0.1) is 11.3 Å². The minimum Gasteiger partial charge on any atom is -0.494 e. The minimum atomic E-state index is -3.52. The number of hydrogen-bond donors (Lipinski definition) is 1. The Morgan fingerprint density at radius 2 is 1.93 bits per heavy atom. The van der Waals surface area contributed by atoms with Gasteiger partial charge in [0.25, 0.3) is 0 Å². The second-order valence-electron chi connectivity index (χ2n) is 6.41. The zero-order valence-electron chi connectivity index (χ0n) is 15.3. The lowest BCUT2D eigenvalue weighted by atomic mass is 10.1. The van der Waals surface area contributed by atoms with Crippen molar-refractivity contribution in [3.63, 3.8) is 0 Å². The fraction of sp³-hybridized carbons (Fsp3) is 0.421. The Kier molecular flexibility index (Phi) is 6.51. The summed E-state index contributed by atoms with van der Waals surface area (Å²) in [5, 5.41) is 4.97. The van der Waals surface area contributed by atoms with E-state index < -0.39 is 10.0 Å². The van der Waals surface area contributed by atoms with E-state index in [-0.39, 0.29) is 16.8 Å². The van der Waals surface area contributed by atoms with Crippen LogP contribution in [0.4, 0.5) is 0 Å². The van der Waals surface area contributed by atoms with E-state index in [1.165, 1.54) is 4.31 Å². The highest BCUT2D eigenvalue weighted by Crippen LogP contribution is 2.23. The average Bonchev–Trinajstić information content (AvgIpc) is 3.16. The summed E-state index contributed by atoms with van der Waals surface area (Å²) in [5.41, 5.74) is 0. The Morgan fingerprint density at radius 1 is 1.22 bits per heavy atom. The van der Waals surface area contributed by atoms with Crippen LogP contribution in [-0.2, 0) is 21.2 Å². The first kappa shape index (κ1) is 19.9. The topological polar surface area (TPSA) is 75.7 Å². The highest BCUT2D eigenvalue weighted by Gasteiger charge is 2.30. The zero-order valence-corrected chi connectivity index (χ0v) is 16.9. The molecular weight excluding hydrogens is 384 g/mol. The molecule has 0 atom stereocenters. The van der Waals surface area contributed by atoms with Gasteiger partial charge in [0.2, 0.25) is 15.9 Å². The van der Waals surface area contributed by atoms with E-state index in [0.717, 1.165) is 4.88 Å². The molecule has 1 aromatic carbocycles. The predicted octanol–water partition coefficient (Wildman–Crippen LogP) is 2.66. The molecule has 0 spiro atoms. The number of benzene rings is 1. The van der Waals surface area contributed by atoms with E-state index in [2.05, 4.69) is 5.32 Å². The van der Waals surface area contributed by atoms with Crippen LogP contribution in [0.1, 0.15) is 24.6 Å². The minimum absolute atomic E-state index is 0.00901. The van der Waals surface area contributed by atoms with Gasteiger partial charge < -0.3 is 10.1 Å². The third-order valence-corrected chi connectivity index (χ3v) is 7.30. The first-order chi connectivity index (χ1) is 13.0. The molecule has 6 nitrogen and oxygen atoms in total. The van der Waals surface area contributed by atoms with E-state index in [0.29, 0.717) is 44.7 Å². The average molecular weight is 409 g/mol. The second kappa shape index (κ2) is 8.86. The molecular formula is C19H24N2O4S2. The molecule has 1 aliphatic heterocycles. The number of hydrogen-bond acceptors (Lipinski definition) is 5. The van der Waals surface area contributed by atoms with Gasteiger partial charge >= 0.3 is 0 Å². The maximum absolute atomic E-state index is 12.8. The number of amides is 1. The standard InChI is InChI=1S/C19H24N2O4S2/c1-2-25-16-5-7-18(8-6-16)27(23,24)21-11-9-15(10-12-21)20-19(22)14-17-4-3-13-26-17/h3-8,13,15H,2,9-12,14H2,1H3,(H,20,22). The Bertz CT molecular complexity index is 840. The molecule has 146 valence electrons. The normalized spacial score (nSPS) is 16.2. The van der Waals surface area contributed by atoms with Crippen molar-refractivity contribution >= 4 is 27.3 Å². The first-order valence-electron chi connectivity index (χ1n) is 9.04. The van der Waals surface area contributed by atoms with Gasteiger partial charge in [-0.3, -0.25) is 4.79 Å². The summed E-state index contributed by atoms with van der Waals surface area (Å²) in [4.78, 5) is 13.4. The summed E-state index contributed by atoms with van der Waals surface area (Å²) in [7, 11) is -3.52. The number of nitrogens with one attached hydrogen (secondary N) is 1. The number of carbonyl (C=O) groups is 1. The monoisotopic (exact) mass is 408 g/mol. The van der Waals surface area contributed by atoms with Crippen LogP contribution in [0.25, 0.3) is 0 Å². The lowest BCUT2D eigenvalue weighted by Crippen LogP contribution is -2.46. The molecule has 1 fully saturated rings. The van der Waals surface area contributed by atoms with E-state index in [4.69, 9.17) is 4.74 Å². The van der Waals surface area contributed by atoms with Crippen LogP contribution in [0.3, 0.4) is 0 Å². The highest BCUT2D eigenvalue weighted by molar-refractivity contribution is 7.89. The summed E-state index contributed by atoms with van der Waals surface area (Å²) in [6.45, 7) is 3.23. The molecule has 1 aromatic heterocycles. The molecule has 1 amide bonds. The van der Waals surface area contributed by atoms with Crippen molar-refractivity contribution in [3.8, 4) is 5.75 Å². The van der Waals surface area contributed by atoms with Gasteiger partial charge in [-0.25, -0.2) is 8.42 Å². The van der Waals surface area contributed by atoms with Crippen molar-refractivity contribution in [1.82, 2.24) is 9.62 Å². The molecule has 3 rings (SSSR count). The summed E-state index contributed by atoms with van der Waals surface area (Å²) in [5.74, 6) is 0.647. The molecule has 2 heterocycles. The number of sulfonamides is 1. The molecule has 1 N–H and O–H groups in total. The molecule has 8 heteroatoms. The van der Waals surface area contributed by atoms with Crippen LogP contribution < -0.4 is 10.1 Å². The van der Waals surface area contributed by atoms with Crippen LogP contribution in [0, 0.1) is 0 Å². The van der Waals surface area contributed by atoms with Crippen molar-refractivity contribution in [2.24, 2.45) is 0 Å². The number of ether oxygens (including phenoxy) is 1. The smallest absolute Gasteiger partial charge is 0.243 e. The lowest BCUT2D eigenvalue weighted by molar-refractivity contribution is -0.121. The number of nitrogens with zero attached hydrogens (tertiary/aromatic N) is 1. The van der Waals surface area contributed by atoms with Crippen LogP contribution in [0.15, 0.2) is 46.7 Å². The van der Waals surface area contributed by atoms with Gasteiger partial charge in [-0.05, 0) is 55.5 Å². The Morgan fingerprint density at radius 3 is 2.52 bits per heavy atom. The maximum atomic E-state index is 12.8. The van der Waals surface area contributed by atoms with E-state index in [1.54, 1.807) is 35.6 Å². The predicted molar refractivity (Wildman–Crippen MR) is 106 cm³/mol. The molecule has 1 aliphatic rings. The molecule has 2 aromatic rings. The van der Waals surface area contributed by atoms with E-state index >= 15 is 0 Å². The largest absolute Gasteiger partial charge is 0.494 e. The fourth-order valence-electron chi connectivity index (χ4n) is 3.11. The van der Waals surface area contributed by atoms with Gasteiger partial charge in [0.05, 0.1) is 17.9 Å². The summed E-state index contributed by atoms with van der Waals surface area (Å²) in [6, 6.07) is 10.4. The quantitative estimate of drug-likeness (QED) is 0.764. The van der Waals surface area contributed by atoms with Crippen LogP contribution in [-0.4, -0.2) is 44.4 Å². The maximum Gasteiger partial charge on any atom is 0.243 e. The molecule has 0 radical (unpaired) electrons. The summed E-state index contributed by atoms with van der Waals surface area (Å²) < 4.78 is 32.4. The SMILES string of the molecule is CCOc1ccc(S(=O)(=O)N2CCC(NC(=O)Cc3cccs3)CC2)cc1. The summed E-state index contributed by atoms with van der Waals surface area (Å²) >= 11 is 1.56. The molecule has 0 bridgehead atoms. The fourth-order valence-corrected chi connectivity index (χ4v) is 5.29. The molecule has 27 heavy (non-hydrogen) atoms. The van der Waals surface area contributed by atoms with Gasteiger partial charge in [-0.1, -0.05) is 6.07 Å². The lowest BCUT2D eigenvalue weighted by Gasteiger charge is -2.31. The molecule has 0 aliphatic carbocycles. The first-order valence-corrected chi connectivity index (χ1v) is 11.4. The van der Waals surface area contributed by atoms with Gasteiger partial charge in [0.1, 0.15) is 5.75 Å². The second-order valence-corrected chi connectivity index (χ2v) is 9.38. The molecule has 0 unspecified atom stereocenters. The van der Waals surface area contributed by atoms with E-state index in [9.17, 15) is 13.2 Å². The zero-order chi connectivity index (χ0) is 19.3. The van der Waals surface area contributed by atoms with Crippen molar-refractivity contribution < 1.29 is 17.9 Å². The number of thiophene rings is 1. The number of carbonyl (C=O) groups excluding carboxylic acids is 1. The number of rotatable bonds is 7. The molecule has 1 saturated heterocycles. The van der Waals surface area contributed by atoms with Crippen LogP contribution in [0.2, 0.25) is 0 Å². The number of piperidine rings is 1. The van der Waals surface area contributed by atoms with Crippen LogP contribution >= 0.6 is 11.3 Å². The van der Waals surface area contributed by atoms with Crippen molar-refractivity contribution in [1.29, 1.82) is 0 Å². The Hall–Kier alpha value is -1.90. The molecule has 0 saturated carbocycles. The van der Waals surface area contributed by atoms with Crippen LogP contribution in [0.5, 0.6) is 5.75 Å². The highest BCUT2D eigenvalue weighted by atomic mass is 32.2. The summed E-state index contributed by atoms with van der Waals surface area (Å²) in [6.07, 6.45) is 1.61. The third-order valence-electron chi connectivity index (χ3n) is 4.51. The van der Waals surface area contributed by atoms with E-state index in [1.807, 2.05) is 24.4 Å². The Balaban J connectivity index is 1.53. The van der Waals surface area contributed by atoms with Crippen molar-refractivity contribution in [2.45, 2.75) is 37.1 Å². The Labute approximate surface area is 164 Å². The van der Waals surface area contributed by atoms with Gasteiger partial charge in [0, 0.05) is 24.0 Å². The van der Waals surface area contributed by atoms with Gasteiger partial charge in [-0.2, -0.15) is 4.31 Å². The third kappa shape index (κ3) is 5.09. The van der Waals surface area contributed by atoms with Crippen molar-refractivity contribution in [2.75, 3.05) is 19.7 Å². The van der Waals surface area contributed by atoms with Gasteiger partial charge in [0.15, 0.2) is 0 Å². The van der Waals surface area contributed by atoms with Crippen molar-refractivity contribution in [3.05, 3.63) is 46.7 Å².